The first-order chi connectivity index (χ1) is 36.4. The molecule has 0 spiro atoms. The van der Waals surface area contributed by atoms with Crippen molar-refractivity contribution in [3.8, 4) is 11.1 Å². The first-order valence-corrected chi connectivity index (χ1v) is 28.8. The van der Waals surface area contributed by atoms with Crippen LogP contribution in [0.2, 0.25) is 0 Å². The zero-order valence-corrected chi connectivity index (χ0v) is 48.5. The van der Waals surface area contributed by atoms with Crippen molar-refractivity contribution in [3.05, 3.63) is 202 Å². The summed E-state index contributed by atoms with van der Waals surface area (Å²) < 4.78 is 0. The van der Waals surface area contributed by atoms with E-state index in [0.29, 0.717) is 0 Å². The van der Waals surface area contributed by atoms with Gasteiger partial charge in [-0.3, -0.25) is 0 Å². The van der Waals surface area contributed by atoms with Crippen LogP contribution in [-0.4, -0.2) is 6.71 Å². The number of anilines is 9. The molecule has 0 atom stereocenters. The number of benzene rings is 8. The van der Waals surface area contributed by atoms with E-state index in [1.165, 1.54) is 119 Å². The molecular formula is C73H78BN3. The van der Waals surface area contributed by atoms with Crippen LogP contribution in [0.1, 0.15) is 167 Å². The molecule has 0 saturated heterocycles. The van der Waals surface area contributed by atoms with Crippen LogP contribution in [0, 0.1) is 0 Å². The Balaban J connectivity index is 1.17. The van der Waals surface area contributed by atoms with Gasteiger partial charge >= 0.3 is 0 Å². The molecule has 4 heteroatoms. The van der Waals surface area contributed by atoms with Crippen molar-refractivity contribution in [1.82, 2.24) is 0 Å². The van der Waals surface area contributed by atoms with Crippen LogP contribution in [0.4, 0.5) is 51.2 Å². The van der Waals surface area contributed by atoms with Crippen molar-refractivity contribution in [2.24, 2.45) is 0 Å². The standard InChI is InChI=1S/C73H78BN3/c1-68(2,3)47-38-65-67-66(39-47)77(52-40-54-53-28-22-21-23-46(53)37-55(54)57(42-52)69(4,5)6)63-43-51(75(48-24-17-15-18-25-48)49-26-19-16-20-27-49)30-32-61(63)74(67)62-44-59-60(73(13,14)36-35-72(59,11)12)45-64(62)76(65)50-29-31-56-58(41-50)71(9,10)34-33-70(56,7)8/h15-32,38-45H,33-37H2,1-14H3. The Morgan fingerprint density at radius 1 is 0.416 bits per heavy atom. The highest BCUT2D eigenvalue weighted by molar-refractivity contribution is 7.00. The van der Waals surface area contributed by atoms with Gasteiger partial charge in [-0.2, -0.15) is 0 Å². The first kappa shape index (κ1) is 49.8. The molecule has 3 aliphatic carbocycles. The van der Waals surface area contributed by atoms with Crippen LogP contribution in [0.5, 0.6) is 0 Å². The maximum atomic E-state index is 2.74. The van der Waals surface area contributed by atoms with Crippen molar-refractivity contribution in [2.75, 3.05) is 14.7 Å². The quantitative estimate of drug-likeness (QED) is 0.159. The second kappa shape index (κ2) is 16.9. The Morgan fingerprint density at radius 3 is 1.55 bits per heavy atom. The minimum atomic E-state index is -0.157. The number of rotatable bonds is 5. The summed E-state index contributed by atoms with van der Waals surface area (Å²) in [6.07, 6.45) is 5.63. The SMILES string of the molecule is CC(C)(C)c1cc2c3c(c1)N(c1ccc4c(c1)C(C)(C)CCC4(C)C)c1cc4c(cc1B3c1ccc(N(c3ccccc3)c3ccccc3)cc1N2c1cc2c(c(C(C)(C)C)c1)Cc1ccccc1-2)C(C)(C)CCC4(C)C. The highest BCUT2D eigenvalue weighted by atomic mass is 15.2. The molecule has 0 fully saturated rings. The van der Waals surface area contributed by atoms with E-state index in [1.807, 2.05) is 0 Å². The summed E-state index contributed by atoms with van der Waals surface area (Å²) in [5.41, 5.74) is 29.4. The highest BCUT2D eigenvalue weighted by Gasteiger charge is 2.48. The molecule has 13 rings (SSSR count). The Morgan fingerprint density at radius 2 is 0.948 bits per heavy atom. The molecule has 5 aliphatic rings. The van der Waals surface area contributed by atoms with Crippen LogP contribution in [0.3, 0.4) is 0 Å². The molecule has 8 aromatic rings. The number of hydrogen-bond donors (Lipinski definition) is 0. The van der Waals surface area contributed by atoms with E-state index < -0.39 is 0 Å². The molecule has 0 bridgehead atoms. The average Bonchev–Trinajstić information content (AvgIpc) is 3.75. The maximum absolute atomic E-state index is 2.74. The fourth-order valence-electron chi connectivity index (χ4n) is 14.5. The molecular weight excluding hydrogens is 930 g/mol. The van der Waals surface area contributed by atoms with Crippen LogP contribution < -0.4 is 31.1 Å². The monoisotopic (exact) mass is 1010 g/mol. The van der Waals surface area contributed by atoms with Gasteiger partial charge < -0.3 is 14.7 Å². The number of nitrogens with zero attached hydrogens (tertiary/aromatic N) is 3. The van der Waals surface area contributed by atoms with Gasteiger partial charge in [-0.25, -0.2) is 0 Å². The normalized spacial score (nSPS) is 17.8. The smallest absolute Gasteiger partial charge is 0.252 e. The van der Waals surface area contributed by atoms with Crippen molar-refractivity contribution in [1.29, 1.82) is 0 Å². The van der Waals surface area contributed by atoms with Crippen LogP contribution in [0.15, 0.2) is 158 Å². The lowest BCUT2D eigenvalue weighted by molar-refractivity contribution is 0.332. The average molecular weight is 1010 g/mol. The Labute approximate surface area is 461 Å². The van der Waals surface area contributed by atoms with Crippen molar-refractivity contribution < 1.29 is 0 Å². The summed E-state index contributed by atoms with van der Waals surface area (Å²) in [6, 6.07) is 61.8. The predicted octanol–water partition coefficient (Wildman–Crippen LogP) is 18.1. The van der Waals surface area contributed by atoms with Gasteiger partial charge in [-0.1, -0.05) is 176 Å². The maximum Gasteiger partial charge on any atom is 0.252 e. The lowest BCUT2D eigenvalue weighted by atomic mass is 9.33. The van der Waals surface area contributed by atoms with E-state index in [4.69, 9.17) is 0 Å². The Hall–Kier alpha value is -6.78. The van der Waals surface area contributed by atoms with Crippen LogP contribution in [0.25, 0.3) is 11.1 Å². The van der Waals surface area contributed by atoms with Crippen LogP contribution >= 0.6 is 0 Å². The highest BCUT2D eigenvalue weighted by Crippen LogP contribution is 2.55. The Bertz CT molecular complexity index is 3670. The minimum absolute atomic E-state index is 0.0225. The van der Waals surface area contributed by atoms with E-state index in [-0.39, 0.29) is 39.2 Å². The fraction of sp³-hybridized carbons (Fsp3) is 0.342. The summed E-state index contributed by atoms with van der Waals surface area (Å²) in [5, 5.41) is 0. The molecule has 0 aromatic heterocycles. The van der Waals surface area contributed by atoms with Crippen molar-refractivity contribution in [3.63, 3.8) is 0 Å². The fourth-order valence-corrected chi connectivity index (χ4v) is 14.5. The number of hydrogen-bond acceptors (Lipinski definition) is 3. The lowest BCUT2D eigenvalue weighted by Gasteiger charge is -2.48. The molecule has 0 radical (unpaired) electrons. The zero-order chi connectivity index (χ0) is 53.9. The second-order valence-corrected chi connectivity index (χ2v) is 28.4. The number of fused-ring (bicyclic) bond motifs is 9. The molecule has 0 amide bonds. The minimum Gasteiger partial charge on any atom is -0.311 e. The summed E-state index contributed by atoms with van der Waals surface area (Å²) in [4.78, 5) is 7.89. The van der Waals surface area contributed by atoms with Gasteiger partial charge in [0, 0.05) is 51.2 Å². The van der Waals surface area contributed by atoms with E-state index in [1.54, 1.807) is 0 Å². The van der Waals surface area contributed by atoms with Gasteiger partial charge in [-0.05, 0) is 215 Å². The lowest BCUT2D eigenvalue weighted by Crippen LogP contribution is -2.62. The molecule has 0 unspecified atom stereocenters. The predicted molar refractivity (Wildman–Crippen MR) is 331 cm³/mol. The molecule has 2 heterocycles. The van der Waals surface area contributed by atoms with Gasteiger partial charge in [0.05, 0.1) is 0 Å². The molecule has 8 aromatic carbocycles. The summed E-state index contributed by atoms with van der Waals surface area (Å²) in [6.45, 7) is 34.3. The largest absolute Gasteiger partial charge is 0.311 e. The van der Waals surface area contributed by atoms with Gasteiger partial charge in [0.1, 0.15) is 0 Å². The molecule has 77 heavy (non-hydrogen) atoms. The van der Waals surface area contributed by atoms with Gasteiger partial charge in [0.25, 0.3) is 6.71 Å². The van der Waals surface area contributed by atoms with E-state index in [9.17, 15) is 0 Å². The summed E-state index contributed by atoms with van der Waals surface area (Å²) >= 11 is 0. The van der Waals surface area contributed by atoms with E-state index in [2.05, 4.69) is 269 Å². The third kappa shape index (κ3) is 7.80. The third-order valence-corrected chi connectivity index (χ3v) is 19.2. The summed E-state index contributed by atoms with van der Waals surface area (Å²) in [5.74, 6) is 0. The van der Waals surface area contributed by atoms with Crippen LogP contribution in [-0.2, 0) is 38.9 Å². The molecule has 3 nitrogen and oxygen atoms in total. The third-order valence-electron chi connectivity index (χ3n) is 19.2. The molecule has 0 saturated carbocycles. The van der Waals surface area contributed by atoms with Crippen molar-refractivity contribution >= 4 is 74.3 Å². The van der Waals surface area contributed by atoms with Gasteiger partial charge in [-0.15, -0.1) is 0 Å². The first-order valence-electron chi connectivity index (χ1n) is 28.8. The van der Waals surface area contributed by atoms with Gasteiger partial charge in [0.2, 0.25) is 0 Å². The van der Waals surface area contributed by atoms with Gasteiger partial charge in [0.15, 0.2) is 0 Å². The van der Waals surface area contributed by atoms with Crippen molar-refractivity contribution in [2.45, 2.75) is 162 Å². The second-order valence-electron chi connectivity index (χ2n) is 28.4. The molecule has 0 N–H and O–H groups in total. The molecule has 388 valence electrons. The molecule has 2 aliphatic heterocycles. The van der Waals surface area contributed by atoms with E-state index in [0.717, 1.165) is 36.3 Å². The number of para-hydroxylation sites is 2. The zero-order valence-electron chi connectivity index (χ0n) is 48.5. The topological polar surface area (TPSA) is 9.72 Å². The summed E-state index contributed by atoms with van der Waals surface area (Å²) in [7, 11) is 0. The van der Waals surface area contributed by atoms with E-state index >= 15 is 0 Å². The Kier molecular flexibility index (Phi) is 10.9.